The first-order chi connectivity index (χ1) is 9.25. The van der Waals surface area contributed by atoms with Gasteiger partial charge in [-0.25, -0.2) is 4.98 Å². The van der Waals surface area contributed by atoms with Crippen LogP contribution in [0.15, 0.2) is 5.38 Å². The smallest absolute Gasteiger partial charge is 0.0931 e. The highest BCUT2D eigenvalue weighted by atomic mass is 32.1. The van der Waals surface area contributed by atoms with Gasteiger partial charge < -0.3 is 5.32 Å². The lowest BCUT2D eigenvalue weighted by Crippen LogP contribution is -2.37. The lowest BCUT2D eigenvalue weighted by molar-refractivity contribution is 0.288. The number of rotatable bonds is 7. The van der Waals surface area contributed by atoms with E-state index in [-0.39, 0.29) is 5.41 Å². The molecule has 116 valence electrons. The Morgan fingerprint density at radius 3 is 2.35 bits per heavy atom. The number of hydrogen-bond donors (Lipinski definition) is 1. The van der Waals surface area contributed by atoms with Crippen LogP contribution < -0.4 is 5.32 Å². The Kier molecular flexibility index (Phi) is 6.67. The van der Waals surface area contributed by atoms with Crippen LogP contribution in [0.1, 0.15) is 65.6 Å². The maximum atomic E-state index is 4.86. The molecule has 0 aliphatic rings. The third-order valence-electron chi connectivity index (χ3n) is 3.95. The molecule has 0 aromatic carbocycles. The van der Waals surface area contributed by atoms with Gasteiger partial charge in [-0.05, 0) is 31.7 Å². The molecule has 0 saturated heterocycles. The average Bonchev–Trinajstić information content (AvgIpc) is 2.81. The summed E-state index contributed by atoms with van der Waals surface area (Å²) >= 11 is 1.82. The summed E-state index contributed by atoms with van der Waals surface area (Å²) in [6.07, 6.45) is 2.29. The summed E-state index contributed by atoms with van der Waals surface area (Å²) in [5.74, 6) is 1.33. The van der Waals surface area contributed by atoms with E-state index in [1.165, 1.54) is 17.1 Å². The van der Waals surface area contributed by atoms with E-state index < -0.39 is 0 Å². The monoisotopic (exact) mass is 296 g/mol. The summed E-state index contributed by atoms with van der Waals surface area (Å²) in [5, 5.41) is 7.17. The van der Waals surface area contributed by atoms with E-state index in [0.29, 0.717) is 17.9 Å². The molecule has 0 fully saturated rings. The Morgan fingerprint density at radius 1 is 1.25 bits per heavy atom. The summed E-state index contributed by atoms with van der Waals surface area (Å²) in [4.78, 5) is 4.86. The molecule has 0 spiro atoms. The average molecular weight is 297 g/mol. The van der Waals surface area contributed by atoms with E-state index in [1.807, 2.05) is 11.3 Å². The molecule has 1 heterocycles. The molecule has 1 aromatic heterocycles. The zero-order valence-corrected chi connectivity index (χ0v) is 15.1. The highest BCUT2D eigenvalue weighted by Crippen LogP contribution is 2.27. The maximum absolute atomic E-state index is 4.86. The maximum Gasteiger partial charge on any atom is 0.0931 e. The molecule has 2 nitrogen and oxygen atoms in total. The van der Waals surface area contributed by atoms with Crippen molar-refractivity contribution in [3.05, 3.63) is 16.1 Å². The number of nitrogens with one attached hydrogen (secondary N) is 1. The Balaban J connectivity index is 2.73. The summed E-state index contributed by atoms with van der Waals surface area (Å²) in [7, 11) is 0. The van der Waals surface area contributed by atoms with Gasteiger partial charge in [-0.15, -0.1) is 11.3 Å². The van der Waals surface area contributed by atoms with E-state index >= 15 is 0 Å². The summed E-state index contributed by atoms with van der Waals surface area (Å²) in [6, 6.07) is 0.553. The van der Waals surface area contributed by atoms with Crippen LogP contribution in [0.4, 0.5) is 0 Å². The molecule has 0 bridgehead atoms. The van der Waals surface area contributed by atoms with E-state index in [4.69, 9.17) is 4.98 Å². The number of aromatic nitrogens is 1. The van der Waals surface area contributed by atoms with Crippen molar-refractivity contribution >= 4 is 11.3 Å². The SMILES string of the molecule is CCCNC(C)C(Cc1nc(C(C)(C)C)cs1)C(C)C. The van der Waals surface area contributed by atoms with Crippen LogP contribution in [-0.4, -0.2) is 17.6 Å². The minimum absolute atomic E-state index is 0.161. The predicted molar refractivity (Wildman–Crippen MR) is 90.6 cm³/mol. The first-order valence-electron chi connectivity index (χ1n) is 7.94. The predicted octanol–water partition coefficient (Wildman–Crippen LogP) is 4.64. The molecular formula is C17H32N2S. The molecule has 0 saturated carbocycles. The van der Waals surface area contributed by atoms with Gasteiger partial charge in [0.25, 0.3) is 0 Å². The molecular weight excluding hydrogens is 264 g/mol. The molecule has 20 heavy (non-hydrogen) atoms. The van der Waals surface area contributed by atoms with Crippen molar-refractivity contribution in [1.82, 2.24) is 10.3 Å². The fourth-order valence-corrected chi connectivity index (χ4v) is 3.56. The van der Waals surface area contributed by atoms with E-state index in [9.17, 15) is 0 Å². The topological polar surface area (TPSA) is 24.9 Å². The molecule has 0 radical (unpaired) electrons. The van der Waals surface area contributed by atoms with Gasteiger partial charge in [0.05, 0.1) is 10.7 Å². The Bertz CT molecular complexity index is 390. The van der Waals surface area contributed by atoms with Crippen LogP contribution in [-0.2, 0) is 11.8 Å². The Hall–Kier alpha value is -0.410. The van der Waals surface area contributed by atoms with Gasteiger partial charge in [-0.3, -0.25) is 0 Å². The van der Waals surface area contributed by atoms with E-state index in [2.05, 4.69) is 59.2 Å². The normalized spacial score (nSPS) is 15.6. The second-order valence-corrected chi connectivity index (χ2v) is 8.17. The number of nitrogens with zero attached hydrogens (tertiary/aromatic N) is 1. The van der Waals surface area contributed by atoms with Crippen molar-refractivity contribution < 1.29 is 0 Å². The van der Waals surface area contributed by atoms with Crippen LogP contribution in [0.5, 0.6) is 0 Å². The zero-order chi connectivity index (χ0) is 15.3. The van der Waals surface area contributed by atoms with Gasteiger partial charge in [-0.1, -0.05) is 41.5 Å². The summed E-state index contributed by atoms with van der Waals surface area (Å²) in [6.45, 7) is 17.0. The van der Waals surface area contributed by atoms with Gasteiger partial charge in [0.15, 0.2) is 0 Å². The van der Waals surface area contributed by atoms with Crippen molar-refractivity contribution in [2.75, 3.05) is 6.54 Å². The molecule has 3 heteroatoms. The van der Waals surface area contributed by atoms with Crippen LogP contribution >= 0.6 is 11.3 Å². The molecule has 1 aromatic rings. The van der Waals surface area contributed by atoms with Gasteiger partial charge in [0.2, 0.25) is 0 Å². The second kappa shape index (κ2) is 7.56. The lowest BCUT2D eigenvalue weighted by Gasteiger charge is -2.27. The molecule has 0 amide bonds. The van der Waals surface area contributed by atoms with Crippen molar-refractivity contribution in [2.24, 2.45) is 11.8 Å². The lowest BCUT2D eigenvalue weighted by atomic mass is 9.86. The number of thiazole rings is 1. The first kappa shape index (κ1) is 17.6. The minimum atomic E-state index is 0.161. The van der Waals surface area contributed by atoms with Crippen LogP contribution in [0.3, 0.4) is 0 Å². The Labute approximate surface area is 129 Å². The van der Waals surface area contributed by atoms with Crippen molar-refractivity contribution in [3.8, 4) is 0 Å². The van der Waals surface area contributed by atoms with Gasteiger partial charge in [-0.2, -0.15) is 0 Å². The summed E-state index contributed by atoms with van der Waals surface area (Å²) in [5.41, 5.74) is 1.39. The van der Waals surface area contributed by atoms with E-state index in [0.717, 1.165) is 13.0 Å². The standard InChI is InChI=1S/C17H32N2S/c1-8-9-18-13(4)14(12(2)3)10-16-19-15(11-20-16)17(5,6)7/h11-14,18H,8-10H2,1-7H3. The minimum Gasteiger partial charge on any atom is -0.314 e. The van der Waals surface area contributed by atoms with E-state index in [1.54, 1.807) is 0 Å². The molecule has 1 rings (SSSR count). The number of hydrogen-bond acceptors (Lipinski definition) is 3. The van der Waals surface area contributed by atoms with Gasteiger partial charge in [0, 0.05) is 23.3 Å². The third-order valence-corrected chi connectivity index (χ3v) is 4.82. The second-order valence-electron chi connectivity index (χ2n) is 7.23. The quantitative estimate of drug-likeness (QED) is 0.792. The van der Waals surface area contributed by atoms with Gasteiger partial charge >= 0.3 is 0 Å². The van der Waals surface area contributed by atoms with Gasteiger partial charge in [0.1, 0.15) is 0 Å². The van der Waals surface area contributed by atoms with Crippen LogP contribution in [0.2, 0.25) is 0 Å². The molecule has 2 atom stereocenters. The van der Waals surface area contributed by atoms with Crippen LogP contribution in [0, 0.1) is 11.8 Å². The zero-order valence-electron chi connectivity index (χ0n) is 14.3. The third kappa shape index (κ3) is 5.17. The largest absolute Gasteiger partial charge is 0.314 e. The molecule has 0 aliphatic heterocycles. The fraction of sp³-hybridized carbons (Fsp3) is 0.824. The van der Waals surface area contributed by atoms with Crippen molar-refractivity contribution in [2.45, 2.75) is 72.8 Å². The Morgan fingerprint density at radius 2 is 1.90 bits per heavy atom. The molecule has 0 aliphatic carbocycles. The summed E-state index contributed by atoms with van der Waals surface area (Å²) < 4.78 is 0. The highest BCUT2D eigenvalue weighted by molar-refractivity contribution is 7.09. The molecule has 1 N–H and O–H groups in total. The molecule has 2 unspecified atom stereocenters. The van der Waals surface area contributed by atoms with Crippen molar-refractivity contribution in [3.63, 3.8) is 0 Å². The fourth-order valence-electron chi connectivity index (χ4n) is 2.46. The first-order valence-corrected chi connectivity index (χ1v) is 8.82. The van der Waals surface area contributed by atoms with Crippen molar-refractivity contribution in [1.29, 1.82) is 0 Å². The van der Waals surface area contributed by atoms with Crippen LogP contribution in [0.25, 0.3) is 0 Å². The highest BCUT2D eigenvalue weighted by Gasteiger charge is 2.23.